The Bertz CT molecular complexity index is 1080. The van der Waals surface area contributed by atoms with Gasteiger partial charge in [-0.2, -0.15) is 4.98 Å². The van der Waals surface area contributed by atoms with Crippen LogP contribution >= 0.6 is 0 Å². The maximum Gasteiger partial charge on any atom is 0.326 e. The zero-order valence-corrected chi connectivity index (χ0v) is 17.1. The van der Waals surface area contributed by atoms with Gasteiger partial charge in [0, 0.05) is 25.0 Å². The minimum absolute atomic E-state index is 0.0445. The molecule has 1 heterocycles. The number of carbonyl (C=O) groups excluding carboxylic acids is 1. The molecule has 3 aromatic rings. The van der Waals surface area contributed by atoms with E-state index in [2.05, 4.69) is 25.9 Å². The highest BCUT2D eigenvalue weighted by Crippen LogP contribution is 2.16. The van der Waals surface area contributed by atoms with E-state index in [1.165, 1.54) is 6.20 Å². The summed E-state index contributed by atoms with van der Waals surface area (Å²) in [7, 11) is 0. The van der Waals surface area contributed by atoms with E-state index < -0.39 is 17.7 Å². The summed E-state index contributed by atoms with van der Waals surface area (Å²) in [6.07, 6.45) is 0.707. The Morgan fingerprint density at radius 3 is 2.55 bits per heavy atom. The average Bonchev–Trinajstić information content (AvgIpc) is 2.76. The first-order valence-corrected chi connectivity index (χ1v) is 9.78. The van der Waals surface area contributed by atoms with Crippen LogP contribution in [-0.4, -0.2) is 45.5 Å². The van der Waals surface area contributed by atoms with Gasteiger partial charge in [-0.05, 0) is 29.7 Å². The lowest BCUT2D eigenvalue weighted by Crippen LogP contribution is -2.28. The summed E-state index contributed by atoms with van der Waals surface area (Å²) in [6, 6.07) is 14.1. The molecule has 2 aromatic carbocycles. The van der Waals surface area contributed by atoms with Gasteiger partial charge in [0.05, 0.1) is 18.3 Å². The van der Waals surface area contributed by atoms with Crippen LogP contribution in [0.1, 0.15) is 11.1 Å². The molecule has 31 heavy (non-hydrogen) atoms. The van der Waals surface area contributed by atoms with Gasteiger partial charge in [0.1, 0.15) is 0 Å². The molecule has 9 heteroatoms. The van der Waals surface area contributed by atoms with E-state index in [0.717, 1.165) is 11.1 Å². The lowest BCUT2D eigenvalue weighted by Gasteiger charge is -2.10. The molecule has 1 atom stereocenters. The van der Waals surface area contributed by atoms with Crippen LogP contribution in [0, 0.1) is 6.92 Å². The molecule has 0 fully saturated rings. The second-order valence-corrected chi connectivity index (χ2v) is 7.03. The Hall–Kier alpha value is -3.53. The molecular formula is C22H25N5O4. The summed E-state index contributed by atoms with van der Waals surface area (Å²) < 4.78 is 0. The van der Waals surface area contributed by atoms with Crippen molar-refractivity contribution in [3.8, 4) is 11.1 Å². The monoisotopic (exact) mass is 423 g/mol. The summed E-state index contributed by atoms with van der Waals surface area (Å²) in [5.41, 5.74) is 3.13. The molecule has 0 spiro atoms. The SMILES string of the molecule is Cc1ccccc1NC(=O)Nc1nc(=O)c(-c2ccc(CNCC(O)CO)cc2)c[nH]1. The Kier molecular flexibility index (Phi) is 7.50. The number of nitrogens with one attached hydrogen (secondary N) is 4. The van der Waals surface area contributed by atoms with E-state index in [1.54, 1.807) is 18.2 Å². The lowest BCUT2D eigenvalue weighted by molar-refractivity contribution is 0.0942. The number of anilines is 2. The second-order valence-electron chi connectivity index (χ2n) is 7.03. The van der Waals surface area contributed by atoms with Crippen LogP contribution in [0.5, 0.6) is 0 Å². The van der Waals surface area contributed by atoms with Crippen LogP contribution in [0.25, 0.3) is 11.1 Å². The van der Waals surface area contributed by atoms with Crippen molar-refractivity contribution in [2.24, 2.45) is 0 Å². The first-order chi connectivity index (χ1) is 15.0. The van der Waals surface area contributed by atoms with Crippen LogP contribution < -0.4 is 21.5 Å². The van der Waals surface area contributed by atoms with E-state index in [0.29, 0.717) is 23.4 Å². The number of aromatic amines is 1. The number of hydrogen-bond acceptors (Lipinski definition) is 6. The van der Waals surface area contributed by atoms with Crippen LogP contribution in [0.2, 0.25) is 0 Å². The number of hydrogen-bond donors (Lipinski definition) is 6. The topological polar surface area (TPSA) is 139 Å². The summed E-state index contributed by atoms with van der Waals surface area (Å²) in [5, 5.41) is 26.4. The number of nitrogens with zero attached hydrogens (tertiary/aromatic N) is 1. The van der Waals surface area contributed by atoms with Crippen molar-refractivity contribution in [1.82, 2.24) is 15.3 Å². The van der Waals surface area contributed by atoms with E-state index in [4.69, 9.17) is 5.11 Å². The van der Waals surface area contributed by atoms with Gasteiger partial charge in [-0.15, -0.1) is 0 Å². The molecule has 2 amide bonds. The largest absolute Gasteiger partial charge is 0.394 e. The number of benzene rings is 2. The Morgan fingerprint density at radius 2 is 1.87 bits per heavy atom. The van der Waals surface area contributed by atoms with E-state index in [1.807, 2.05) is 37.3 Å². The zero-order valence-electron chi connectivity index (χ0n) is 17.1. The molecule has 0 aliphatic heterocycles. The van der Waals surface area contributed by atoms with Crippen LogP contribution in [0.3, 0.4) is 0 Å². The third kappa shape index (κ3) is 6.22. The Labute approximate surface area is 179 Å². The molecule has 0 saturated heterocycles. The number of H-pyrrole nitrogens is 1. The molecule has 0 aliphatic carbocycles. The molecule has 9 nitrogen and oxygen atoms in total. The van der Waals surface area contributed by atoms with Gasteiger partial charge in [-0.3, -0.25) is 10.1 Å². The second kappa shape index (κ2) is 10.5. The highest BCUT2D eigenvalue weighted by atomic mass is 16.3. The molecule has 3 rings (SSSR count). The summed E-state index contributed by atoms with van der Waals surface area (Å²) >= 11 is 0. The lowest BCUT2D eigenvalue weighted by atomic mass is 10.1. The van der Waals surface area contributed by atoms with Gasteiger partial charge in [0.25, 0.3) is 5.56 Å². The fourth-order valence-electron chi connectivity index (χ4n) is 2.89. The fraction of sp³-hybridized carbons (Fsp3) is 0.227. The molecule has 0 aliphatic rings. The summed E-state index contributed by atoms with van der Waals surface area (Å²) in [5.74, 6) is 0.0445. The fourth-order valence-corrected chi connectivity index (χ4v) is 2.89. The molecule has 0 radical (unpaired) electrons. The van der Waals surface area contributed by atoms with E-state index in [9.17, 15) is 14.7 Å². The van der Waals surface area contributed by atoms with Crippen LogP contribution in [-0.2, 0) is 6.54 Å². The summed E-state index contributed by atoms with van der Waals surface area (Å²) in [6.45, 7) is 2.39. The van der Waals surface area contributed by atoms with Crippen molar-refractivity contribution in [1.29, 1.82) is 0 Å². The van der Waals surface area contributed by atoms with Crippen molar-refractivity contribution in [3.05, 3.63) is 76.2 Å². The Balaban J connectivity index is 1.62. The normalized spacial score (nSPS) is 11.7. The van der Waals surface area contributed by atoms with Gasteiger partial charge in [-0.1, -0.05) is 42.5 Å². The van der Waals surface area contributed by atoms with E-state index >= 15 is 0 Å². The minimum Gasteiger partial charge on any atom is -0.394 e. The molecule has 0 bridgehead atoms. The van der Waals surface area contributed by atoms with Crippen molar-refractivity contribution >= 4 is 17.7 Å². The van der Waals surface area contributed by atoms with Crippen LogP contribution in [0.15, 0.2) is 59.5 Å². The van der Waals surface area contributed by atoms with Crippen molar-refractivity contribution in [2.75, 3.05) is 23.8 Å². The van der Waals surface area contributed by atoms with Crippen molar-refractivity contribution < 1.29 is 15.0 Å². The quantitative estimate of drug-likeness (QED) is 0.327. The smallest absolute Gasteiger partial charge is 0.326 e. The third-order valence-electron chi connectivity index (χ3n) is 4.61. The van der Waals surface area contributed by atoms with Crippen molar-refractivity contribution in [3.63, 3.8) is 0 Å². The highest BCUT2D eigenvalue weighted by molar-refractivity contribution is 5.99. The number of rotatable bonds is 8. The van der Waals surface area contributed by atoms with Gasteiger partial charge in [0.15, 0.2) is 0 Å². The zero-order chi connectivity index (χ0) is 22.2. The average molecular weight is 423 g/mol. The number of aryl methyl sites for hydroxylation is 1. The predicted octanol–water partition coefficient (Wildman–Crippen LogP) is 1.83. The van der Waals surface area contributed by atoms with Crippen molar-refractivity contribution in [2.45, 2.75) is 19.6 Å². The van der Waals surface area contributed by atoms with Gasteiger partial charge in [0.2, 0.25) is 5.95 Å². The number of amides is 2. The minimum atomic E-state index is -0.796. The van der Waals surface area contributed by atoms with Gasteiger partial charge >= 0.3 is 6.03 Å². The molecule has 1 aromatic heterocycles. The highest BCUT2D eigenvalue weighted by Gasteiger charge is 2.10. The van der Waals surface area contributed by atoms with E-state index in [-0.39, 0.29) is 19.1 Å². The van der Waals surface area contributed by atoms with Gasteiger partial charge in [-0.25, -0.2) is 4.79 Å². The summed E-state index contributed by atoms with van der Waals surface area (Å²) in [4.78, 5) is 31.3. The maximum atomic E-state index is 12.4. The first-order valence-electron chi connectivity index (χ1n) is 9.78. The predicted molar refractivity (Wildman–Crippen MR) is 119 cm³/mol. The first kappa shape index (κ1) is 22.2. The van der Waals surface area contributed by atoms with Crippen LogP contribution in [0.4, 0.5) is 16.4 Å². The molecular weight excluding hydrogens is 398 g/mol. The third-order valence-corrected chi connectivity index (χ3v) is 4.61. The van der Waals surface area contributed by atoms with Gasteiger partial charge < -0.3 is 25.8 Å². The number of aliphatic hydroxyl groups is 2. The molecule has 1 unspecified atom stereocenters. The number of urea groups is 1. The number of carbonyl (C=O) groups is 1. The molecule has 162 valence electrons. The number of aliphatic hydroxyl groups excluding tert-OH is 2. The molecule has 0 saturated carbocycles. The Morgan fingerprint density at radius 1 is 1.13 bits per heavy atom. The maximum absolute atomic E-state index is 12.4. The molecule has 6 N–H and O–H groups in total. The number of aromatic nitrogens is 2. The standard InChI is InChI=1S/C22H25N5O4/c1-14-4-2-3-5-19(14)25-22(31)27-21-24-12-18(20(30)26-21)16-8-6-15(7-9-16)10-23-11-17(29)13-28/h2-9,12,17,23,28-29H,10-11,13H2,1H3,(H3,24,25,26,27,30,31). The number of para-hydroxylation sites is 1.